The van der Waals surface area contributed by atoms with Crippen LogP contribution in [0.1, 0.15) is 22.3 Å². The lowest BCUT2D eigenvalue weighted by Gasteiger charge is -2.36. The van der Waals surface area contributed by atoms with E-state index in [0.29, 0.717) is 12.1 Å². The minimum Gasteiger partial charge on any atom is -0.369 e. The molecule has 0 radical (unpaired) electrons. The predicted octanol–water partition coefficient (Wildman–Crippen LogP) is 3.70. The second-order valence-electron chi connectivity index (χ2n) is 6.76. The minimum absolute atomic E-state index is 0.0123. The third-order valence-corrected chi connectivity index (χ3v) is 5.49. The number of hydrogen-bond acceptors (Lipinski definition) is 3. The summed E-state index contributed by atoms with van der Waals surface area (Å²) in [6.07, 6.45) is 0.973. The van der Waals surface area contributed by atoms with Crippen molar-refractivity contribution < 1.29 is 4.79 Å². The van der Waals surface area contributed by atoms with Crippen molar-refractivity contribution >= 4 is 27.5 Å². The third kappa shape index (κ3) is 5.08. The van der Waals surface area contributed by atoms with E-state index in [1.807, 2.05) is 24.3 Å². The highest BCUT2D eigenvalue weighted by molar-refractivity contribution is 9.10. The first kappa shape index (κ1) is 18.9. The molecule has 5 heteroatoms. The van der Waals surface area contributed by atoms with E-state index in [-0.39, 0.29) is 5.91 Å². The molecule has 0 bridgehead atoms. The average molecular weight is 416 g/mol. The Morgan fingerprint density at radius 1 is 1.08 bits per heavy atom. The highest BCUT2D eigenvalue weighted by Gasteiger charge is 2.17. The maximum Gasteiger partial charge on any atom is 0.252 e. The molecular formula is C21H26BrN3O. The van der Waals surface area contributed by atoms with Crippen LogP contribution in [-0.2, 0) is 0 Å². The van der Waals surface area contributed by atoms with Crippen molar-refractivity contribution in [3.8, 4) is 0 Å². The van der Waals surface area contributed by atoms with Crippen molar-refractivity contribution in [1.82, 2.24) is 10.2 Å². The summed E-state index contributed by atoms with van der Waals surface area (Å²) in [5.41, 5.74) is 3.33. The molecule has 0 unspecified atom stereocenters. The zero-order chi connectivity index (χ0) is 18.4. The molecule has 0 aromatic heterocycles. The van der Waals surface area contributed by atoms with E-state index >= 15 is 0 Å². The summed E-state index contributed by atoms with van der Waals surface area (Å²) in [4.78, 5) is 17.1. The van der Waals surface area contributed by atoms with E-state index in [0.717, 1.165) is 43.6 Å². The summed E-state index contributed by atoms with van der Waals surface area (Å²) in [7, 11) is 0. The second kappa shape index (κ2) is 9.19. The van der Waals surface area contributed by atoms with Crippen LogP contribution >= 0.6 is 15.9 Å². The Morgan fingerprint density at radius 3 is 2.58 bits per heavy atom. The van der Waals surface area contributed by atoms with Crippen LogP contribution in [-0.4, -0.2) is 50.1 Å². The van der Waals surface area contributed by atoms with Crippen molar-refractivity contribution in [2.75, 3.05) is 44.2 Å². The van der Waals surface area contributed by atoms with Crippen LogP contribution in [0.5, 0.6) is 0 Å². The lowest BCUT2D eigenvalue weighted by atomic mass is 10.2. The molecule has 4 nitrogen and oxygen atoms in total. The van der Waals surface area contributed by atoms with E-state index in [2.05, 4.69) is 62.2 Å². The highest BCUT2D eigenvalue weighted by atomic mass is 79.9. The molecule has 2 aromatic rings. The van der Waals surface area contributed by atoms with Gasteiger partial charge in [0, 0.05) is 42.9 Å². The van der Waals surface area contributed by atoms with Crippen molar-refractivity contribution in [1.29, 1.82) is 0 Å². The first-order valence-corrected chi connectivity index (χ1v) is 9.99. The fraction of sp³-hybridized carbons (Fsp3) is 0.381. The van der Waals surface area contributed by atoms with Crippen molar-refractivity contribution in [3.05, 3.63) is 64.1 Å². The third-order valence-electron chi connectivity index (χ3n) is 4.79. The maximum atomic E-state index is 12.2. The molecular weight excluding hydrogens is 390 g/mol. The quantitative estimate of drug-likeness (QED) is 0.730. The zero-order valence-electron chi connectivity index (χ0n) is 15.2. The van der Waals surface area contributed by atoms with Crippen LogP contribution in [0, 0.1) is 6.92 Å². The second-order valence-corrected chi connectivity index (χ2v) is 7.61. The summed E-state index contributed by atoms with van der Waals surface area (Å²) < 4.78 is 0.838. The van der Waals surface area contributed by atoms with Gasteiger partial charge in [-0.3, -0.25) is 9.69 Å². The van der Waals surface area contributed by atoms with Crippen molar-refractivity contribution in [2.45, 2.75) is 13.3 Å². The van der Waals surface area contributed by atoms with Gasteiger partial charge in [0.15, 0.2) is 0 Å². The van der Waals surface area contributed by atoms with Crippen LogP contribution < -0.4 is 10.2 Å². The number of nitrogens with one attached hydrogen (secondary N) is 1. The number of carbonyl (C=O) groups is 1. The van der Waals surface area contributed by atoms with Gasteiger partial charge in [0.2, 0.25) is 0 Å². The first-order chi connectivity index (χ1) is 12.6. The molecule has 0 spiro atoms. The largest absolute Gasteiger partial charge is 0.369 e. The number of rotatable bonds is 6. The number of anilines is 1. The molecule has 1 N–H and O–H groups in total. The van der Waals surface area contributed by atoms with Gasteiger partial charge in [-0.2, -0.15) is 0 Å². The predicted molar refractivity (Wildman–Crippen MR) is 111 cm³/mol. The summed E-state index contributed by atoms with van der Waals surface area (Å²) in [5, 5.41) is 3.01. The molecule has 138 valence electrons. The number of halogens is 1. The van der Waals surface area contributed by atoms with Crippen LogP contribution in [0.3, 0.4) is 0 Å². The molecule has 0 atom stereocenters. The van der Waals surface area contributed by atoms with Crippen LogP contribution in [0.15, 0.2) is 53.0 Å². The molecule has 1 fully saturated rings. The molecule has 1 amide bonds. The maximum absolute atomic E-state index is 12.2. The number of aryl methyl sites for hydroxylation is 1. The molecule has 26 heavy (non-hydrogen) atoms. The molecule has 1 aliphatic rings. The van der Waals surface area contributed by atoms with Gasteiger partial charge in [0.1, 0.15) is 0 Å². The Morgan fingerprint density at radius 2 is 1.85 bits per heavy atom. The van der Waals surface area contributed by atoms with Gasteiger partial charge in [-0.1, -0.05) is 24.3 Å². The fourth-order valence-electron chi connectivity index (χ4n) is 3.30. The van der Waals surface area contributed by atoms with Crippen LogP contribution in [0.4, 0.5) is 5.69 Å². The number of hydrogen-bond donors (Lipinski definition) is 1. The van der Waals surface area contributed by atoms with Crippen molar-refractivity contribution in [2.24, 2.45) is 0 Å². The number of amides is 1. The standard InChI is InChI=1S/C21H26BrN3O/c1-17-6-4-7-18(16-17)25-14-12-24(13-15-25)11-5-10-23-21(26)19-8-2-3-9-20(19)22/h2-4,6-9,16H,5,10-15H2,1H3,(H,23,26). The normalized spacial score (nSPS) is 15.1. The number of piperazine rings is 1. The molecule has 1 aliphatic heterocycles. The van der Waals surface area contributed by atoms with Crippen molar-refractivity contribution in [3.63, 3.8) is 0 Å². The minimum atomic E-state index is -0.0123. The monoisotopic (exact) mass is 415 g/mol. The Kier molecular flexibility index (Phi) is 6.69. The van der Waals surface area contributed by atoms with E-state index in [1.54, 1.807) is 0 Å². The highest BCUT2D eigenvalue weighted by Crippen LogP contribution is 2.18. The van der Waals surface area contributed by atoms with E-state index < -0.39 is 0 Å². The van der Waals surface area contributed by atoms with E-state index in [4.69, 9.17) is 0 Å². The zero-order valence-corrected chi connectivity index (χ0v) is 16.8. The number of benzene rings is 2. The van der Waals surface area contributed by atoms with Gasteiger partial charge in [0.25, 0.3) is 5.91 Å². The average Bonchev–Trinajstić information content (AvgIpc) is 2.66. The van der Waals surface area contributed by atoms with Gasteiger partial charge >= 0.3 is 0 Å². The van der Waals surface area contributed by atoms with Gasteiger partial charge < -0.3 is 10.2 Å². The molecule has 0 saturated carbocycles. The Hall–Kier alpha value is -1.85. The Balaban J connectivity index is 1.37. The molecule has 2 aromatic carbocycles. The molecule has 0 aliphatic carbocycles. The van der Waals surface area contributed by atoms with Gasteiger partial charge in [-0.15, -0.1) is 0 Å². The smallest absolute Gasteiger partial charge is 0.252 e. The number of nitrogens with zero attached hydrogens (tertiary/aromatic N) is 2. The summed E-state index contributed by atoms with van der Waals surface area (Å²) >= 11 is 3.42. The fourth-order valence-corrected chi connectivity index (χ4v) is 3.76. The number of carbonyl (C=O) groups excluding carboxylic acids is 1. The molecule has 1 saturated heterocycles. The lowest BCUT2D eigenvalue weighted by molar-refractivity contribution is 0.0950. The first-order valence-electron chi connectivity index (χ1n) is 9.20. The van der Waals surface area contributed by atoms with Gasteiger partial charge in [-0.05, 0) is 65.6 Å². The van der Waals surface area contributed by atoms with E-state index in [1.165, 1.54) is 11.3 Å². The summed E-state index contributed by atoms with van der Waals surface area (Å²) in [6.45, 7) is 8.15. The van der Waals surface area contributed by atoms with Crippen LogP contribution in [0.25, 0.3) is 0 Å². The van der Waals surface area contributed by atoms with Gasteiger partial charge in [0.05, 0.1) is 5.56 Å². The summed E-state index contributed by atoms with van der Waals surface area (Å²) in [6, 6.07) is 16.2. The Bertz CT molecular complexity index is 742. The lowest BCUT2D eigenvalue weighted by Crippen LogP contribution is -2.47. The molecule has 3 rings (SSSR count). The topological polar surface area (TPSA) is 35.6 Å². The van der Waals surface area contributed by atoms with E-state index in [9.17, 15) is 4.79 Å². The van der Waals surface area contributed by atoms with Gasteiger partial charge in [-0.25, -0.2) is 0 Å². The SMILES string of the molecule is Cc1cccc(N2CCN(CCCNC(=O)c3ccccc3Br)CC2)c1. The molecule has 1 heterocycles. The Labute approximate surface area is 164 Å². The van der Waals surface area contributed by atoms with Crippen LogP contribution in [0.2, 0.25) is 0 Å². The summed E-state index contributed by atoms with van der Waals surface area (Å²) in [5.74, 6) is -0.0123.